The average molecular weight is 524 g/mol. The lowest BCUT2D eigenvalue weighted by Gasteiger charge is -2.16. The molecule has 3 aromatic carbocycles. The van der Waals surface area contributed by atoms with Crippen LogP contribution in [0, 0.1) is 0 Å². The Balaban J connectivity index is 1.23. The van der Waals surface area contributed by atoms with E-state index in [4.69, 9.17) is 0 Å². The number of carbonyl (C=O) groups excluding carboxylic acids is 3. The van der Waals surface area contributed by atoms with Gasteiger partial charge in [0, 0.05) is 49.2 Å². The van der Waals surface area contributed by atoms with Crippen molar-refractivity contribution in [3.63, 3.8) is 0 Å². The van der Waals surface area contributed by atoms with Crippen LogP contribution >= 0.6 is 0 Å². The fraction of sp³-hybridized carbons (Fsp3) is 0.258. The third-order valence-corrected chi connectivity index (χ3v) is 7.19. The van der Waals surface area contributed by atoms with Gasteiger partial charge >= 0.3 is 6.03 Å². The van der Waals surface area contributed by atoms with Crippen LogP contribution in [0.1, 0.15) is 32.6 Å². The second-order valence-corrected chi connectivity index (χ2v) is 10.1. The number of aromatic nitrogens is 1. The number of amides is 4. The maximum atomic E-state index is 13.2. The summed E-state index contributed by atoms with van der Waals surface area (Å²) in [5, 5.41) is 6.56. The molecule has 1 fully saturated rings. The van der Waals surface area contributed by atoms with Gasteiger partial charge in [-0.25, -0.2) is 4.79 Å². The van der Waals surface area contributed by atoms with Crippen LogP contribution < -0.4 is 10.6 Å². The number of hydrogen-bond donors (Lipinski definition) is 3. The monoisotopic (exact) mass is 523 g/mol. The van der Waals surface area contributed by atoms with Crippen molar-refractivity contribution in [2.75, 3.05) is 20.6 Å². The minimum absolute atomic E-state index is 0.115. The first-order valence-electron chi connectivity index (χ1n) is 13.2. The summed E-state index contributed by atoms with van der Waals surface area (Å²) < 4.78 is 0. The maximum absolute atomic E-state index is 13.2. The summed E-state index contributed by atoms with van der Waals surface area (Å²) in [6, 6.07) is 22.5. The van der Waals surface area contributed by atoms with E-state index in [1.54, 1.807) is 31.3 Å². The molecule has 0 radical (unpaired) electrons. The van der Waals surface area contributed by atoms with Crippen LogP contribution in [0.4, 0.5) is 4.79 Å². The number of benzene rings is 3. The summed E-state index contributed by atoms with van der Waals surface area (Å²) in [4.78, 5) is 44.7. The van der Waals surface area contributed by atoms with Gasteiger partial charge in [-0.2, -0.15) is 0 Å². The lowest BCUT2D eigenvalue weighted by Crippen LogP contribution is -2.32. The molecule has 4 aromatic rings. The van der Waals surface area contributed by atoms with Crippen LogP contribution in [-0.2, 0) is 30.7 Å². The molecule has 200 valence electrons. The topological polar surface area (TPSA) is 97.5 Å². The Morgan fingerprint density at radius 3 is 2.56 bits per heavy atom. The molecule has 1 atom stereocenters. The third-order valence-electron chi connectivity index (χ3n) is 7.19. The summed E-state index contributed by atoms with van der Waals surface area (Å²) in [6.45, 7) is 1.92. The lowest BCUT2D eigenvalue weighted by atomic mass is 10.0. The normalized spacial score (nSPS) is 15.3. The Bertz CT molecular complexity index is 1500. The molecule has 8 heteroatoms. The highest BCUT2D eigenvalue weighted by Gasteiger charge is 2.37. The van der Waals surface area contributed by atoms with E-state index >= 15 is 0 Å². The molecule has 1 saturated heterocycles. The summed E-state index contributed by atoms with van der Waals surface area (Å²) in [5.41, 5.74) is 5.77. The van der Waals surface area contributed by atoms with Gasteiger partial charge < -0.3 is 20.5 Å². The molecule has 0 spiro atoms. The number of likely N-dealkylation sites (N-methyl/N-ethyl adjacent to an activating group) is 1. The van der Waals surface area contributed by atoms with Crippen LogP contribution in [-0.4, -0.2) is 59.3 Å². The van der Waals surface area contributed by atoms with E-state index in [2.05, 4.69) is 64.1 Å². The van der Waals surface area contributed by atoms with Gasteiger partial charge in [-0.15, -0.1) is 0 Å². The van der Waals surface area contributed by atoms with Crippen LogP contribution in [0.5, 0.6) is 0 Å². The van der Waals surface area contributed by atoms with Crippen molar-refractivity contribution in [1.29, 1.82) is 0 Å². The molecule has 39 heavy (non-hydrogen) atoms. The van der Waals surface area contributed by atoms with E-state index in [9.17, 15) is 14.4 Å². The van der Waals surface area contributed by atoms with Crippen molar-refractivity contribution in [2.45, 2.75) is 32.0 Å². The van der Waals surface area contributed by atoms with Gasteiger partial charge in [-0.1, -0.05) is 48.5 Å². The van der Waals surface area contributed by atoms with Crippen LogP contribution in [0.25, 0.3) is 10.9 Å². The predicted octanol–water partition coefficient (Wildman–Crippen LogP) is 3.87. The van der Waals surface area contributed by atoms with Gasteiger partial charge in [-0.3, -0.25) is 14.5 Å². The van der Waals surface area contributed by atoms with Crippen LogP contribution in [0.15, 0.2) is 79.0 Å². The van der Waals surface area contributed by atoms with E-state index in [-0.39, 0.29) is 18.4 Å². The van der Waals surface area contributed by atoms with Crippen molar-refractivity contribution in [3.8, 4) is 0 Å². The molecule has 0 saturated carbocycles. The number of nitrogens with one attached hydrogen (secondary N) is 3. The SMILES string of the molecule is CNC(=O)c1cccc(CN2C(=O)NC(Cc3ccc4[nH]cc(CCN(C)Cc5ccccc5)c4c3)C2=O)c1. The number of hydrogen-bond acceptors (Lipinski definition) is 4. The standard InChI is InChI=1S/C31H33N5O3/c1-32-29(37)24-10-6-9-23(15-24)20-36-30(38)28(34-31(36)39)17-22-11-12-27-26(16-22)25(18-33-27)13-14-35(2)19-21-7-4-3-5-8-21/h3-12,15-16,18,28,33H,13-14,17,19-20H2,1-2H3,(H,32,37)(H,34,39). The molecule has 8 nitrogen and oxygen atoms in total. The van der Waals surface area contributed by atoms with Gasteiger partial charge in [0.15, 0.2) is 0 Å². The van der Waals surface area contributed by atoms with E-state index in [1.165, 1.54) is 16.0 Å². The fourth-order valence-corrected chi connectivity index (χ4v) is 5.08. The number of urea groups is 1. The molecule has 0 bridgehead atoms. The van der Waals surface area contributed by atoms with Crippen molar-refractivity contribution in [1.82, 2.24) is 25.4 Å². The first-order valence-corrected chi connectivity index (χ1v) is 13.2. The maximum Gasteiger partial charge on any atom is 0.325 e. The number of rotatable bonds is 10. The largest absolute Gasteiger partial charge is 0.361 e. The Labute approximate surface area is 228 Å². The molecule has 0 aliphatic carbocycles. The highest BCUT2D eigenvalue weighted by atomic mass is 16.2. The predicted molar refractivity (Wildman–Crippen MR) is 151 cm³/mol. The summed E-state index contributed by atoms with van der Waals surface area (Å²) >= 11 is 0. The molecule has 5 rings (SSSR count). The van der Waals surface area contributed by atoms with Crippen molar-refractivity contribution in [3.05, 3.63) is 107 Å². The van der Waals surface area contributed by atoms with E-state index in [0.717, 1.165) is 41.5 Å². The number of H-pyrrole nitrogens is 1. The highest BCUT2D eigenvalue weighted by Crippen LogP contribution is 2.23. The quantitative estimate of drug-likeness (QED) is 0.275. The Kier molecular flexibility index (Phi) is 7.74. The number of aromatic amines is 1. The van der Waals surface area contributed by atoms with Crippen molar-refractivity contribution >= 4 is 28.7 Å². The number of fused-ring (bicyclic) bond motifs is 1. The number of nitrogens with zero attached hydrogens (tertiary/aromatic N) is 2. The Morgan fingerprint density at radius 1 is 0.974 bits per heavy atom. The van der Waals surface area contributed by atoms with Gasteiger partial charge in [0.1, 0.15) is 6.04 Å². The average Bonchev–Trinajstić information content (AvgIpc) is 3.47. The second-order valence-electron chi connectivity index (χ2n) is 10.1. The molecule has 2 heterocycles. The van der Waals surface area contributed by atoms with Gasteiger partial charge in [0.2, 0.25) is 0 Å². The Hall–Kier alpha value is -4.43. The lowest BCUT2D eigenvalue weighted by molar-refractivity contribution is -0.127. The zero-order chi connectivity index (χ0) is 27.4. The molecular formula is C31H33N5O3. The first-order chi connectivity index (χ1) is 18.9. The van der Waals surface area contributed by atoms with Crippen LogP contribution in [0.3, 0.4) is 0 Å². The smallest absolute Gasteiger partial charge is 0.325 e. The second kappa shape index (κ2) is 11.5. The minimum Gasteiger partial charge on any atom is -0.361 e. The summed E-state index contributed by atoms with van der Waals surface area (Å²) in [7, 11) is 3.69. The van der Waals surface area contributed by atoms with Crippen molar-refractivity contribution < 1.29 is 14.4 Å². The minimum atomic E-state index is -0.628. The first kappa shape index (κ1) is 26.2. The van der Waals surface area contributed by atoms with E-state index < -0.39 is 12.1 Å². The zero-order valence-electron chi connectivity index (χ0n) is 22.2. The fourth-order valence-electron chi connectivity index (χ4n) is 5.08. The summed E-state index contributed by atoms with van der Waals surface area (Å²) in [6.07, 6.45) is 3.37. The van der Waals surface area contributed by atoms with E-state index in [0.29, 0.717) is 12.0 Å². The molecule has 3 N–H and O–H groups in total. The van der Waals surface area contributed by atoms with E-state index in [1.807, 2.05) is 18.2 Å². The molecule has 1 aromatic heterocycles. The molecule has 1 aliphatic heterocycles. The summed E-state index contributed by atoms with van der Waals surface area (Å²) in [5.74, 6) is -0.475. The molecule has 1 unspecified atom stereocenters. The number of carbonyl (C=O) groups is 3. The molecule has 4 amide bonds. The Morgan fingerprint density at radius 2 is 1.77 bits per heavy atom. The zero-order valence-corrected chi connectivity index (χ0v) is 22.2. The van der Waals surface area contributed by atoms with Gasteiger partial charge in [0.25, 0.3) is 11.8 Å². The highest BCUT2D eigenvalue weighted by molar-refractivity contribution is 6.04. The number of imide groups is 1. The van der Waals surface area contributed by atoms with Crippen LogP contribution in [0.2, 0.25) is 0 Å². The molecule has 1 aliphatic rings. The van der Waals surface area contributed by atoms with Gasteiger partial charge in [0.05, 0.1) is 6.54 Å². The van der Waals surface area contributed by atoms with Gasteiger partial charge in [-0.05, 0) is 60.0 Å². The third kappa shape index (κ3) is 6.02. The molecular weight excluding hydrogens is 490 g/mol. The van der Waals surface area contributed by atoms with Crippen molar-refractivity contribution in [2.24, 2.45) is 0 Å².